The summed E-state index contributed by atoms with van der Waals surface area (Å²) in [5.41, 5.74) is 0.296. The minimum Gasteiger partial charge on any atom is -0.425 e. The van der Waals surface area contributed by atoms with Gasteiger partial charge < -0.3 is 9.64 Å². The van der Waals surface area contributed by atoms with Crippen LogP contribution < -0.4 is 4.74 Å². The molecule has 0 aromatic heterocycles. The molecule has 8 heteroatoms. The molecular weight excluding hydrogens is 407 g/mol. The standard InChI is InChI=1S/C21H19ClF3NO3/c1-13-2-7-17(22)18(12-13)29-20(28)15-8-10-26(11-9-15)19(27)14-3-5-16(6-4-14)21(23,24)25/h2-7,12,15H,8-11H2,1H3. The third-order valence-corrected chi connectivity index (χ3v) is 5.18. The molecule has 1 amide bonds. The van der Waals surface area contributed by atoms with Crippen molar-refractivity contribution in [2.75, 3.05) is 13.1 Å². The third-order valence-electron chi connectivity index (χ3n) is 4.87. The SMILES string of the molecule is Cc1ccc(Cl)c(OC(=O)C2CCN(C(=O)c3ccc(C(F)(F)F)cc3)CC2)c1. The zero-order valence-corrected chi connectivity index (χ0v) is 16.4. The number of rotatable bonds is 3. The molecule has 0 bridgehead atoms. The van der Waals surface area contributed by atoms with Gasteiger partial charge in [0.1, 0.15) is 5.75 Å². The number of alkyl halides is 3. The van der Waals surface area contributed by atoms with Gasteiger partial charge in [-0.1, -0.05) is 17.7 Å². The van der Waals surface area contributed by atoms with Crippen LogP contribution in [0.5, 0.6) is 5.75 Å². The lowest BCUT2D eigenvalue weighted by Crippen LogP contribution is -2.41. The van der Waals surface area contributed by atoms with Crippen LogP contribution in [0.4, 0.5) is 13.2 Å². The Labute approximate surface area is 171 Å². The first-order valence-electron chi connectivity index (χ1n) is 9.09. The van der Waals surface area contributed by atoms with Crippen LogP contribution in [0, 0.1) is 12.8 Å². The van der Waals surface area contributed by atoms with Crippen molar-refractivity contribution in [3.8, 4) is 5.75 Å². The van der Waals surface area contributed by atoms with Gasteiger partial charge in [-0.15, -0.1) is 0 Å². The fourth-order valence-corrected chi connectivity index (χ4v) is 3.34. The third kappa shape index (κ3) is 5.09. The van der Waals surface area contributed by atoms with Crippen molar-refractivity contribution in [3.05, 3.63) is 64.2 Å². The summed E-state index contributed by atoms with van der Waals surface area (Å²) in [6.45, 7) is 2.50. The van der Waals surface area contributed by atoms with Gasteiger partial charge >= 0.3 is 12.1 Å². The van der Waals surface area contributed by atoms with E-state index in [1.54, 1.807) is 12.1 Å². The number of hydrogen-bond donors (Lipinski definition) is 0. The number of likely N-dealkylation sites (tertiary alicyclic amines) is 1. The van der Waals surface area contributed by atoms with E-state index in [0.29, 0.717) is 36.7 Å². The maximum atomic E-state index is 12.6. The Morgan fingerprint density at radius 3 is 2.28 bits per heavy atom. The van der Waals surface area contributed by atoms with Crippen LogP contribution in [0.1, 0.15) is 34.3 Å². The summed E-state index contributed by atoms with van der Waals surface area (Å²) in [6.07, 6.45) is -3.62. The van der Waals surface area contributed by atoms with Gasteiger partial charge in [-0.3, -0.25) is 9.59 Å². The molecule has 1 saturated heterocycles. The Balaban J connectivity index is 1.57. The summed E-state index contributed by atoms with van der Waals surface area (Å²) in [5, 5.41) is 0.346. The van der Waals surface area contributed by atoms with Crippen LogP contribution >= 0.6 is 11.6 Å². The molecule has 0 unspecified atom stereocenters. The molecule has 3 rings (SSSR count). The van der Waals surface area contributed by atoms with Crippen molar-refractivity contribution < 1.29 is 27.5 Å². The molecule has 1 aliphatic rings. The van der Waals surface area contributed by atoms with E-state index in [1.165, 1.54) is 17.0 Å². The van der Waals surface area contributed by atoms with Gasteiger partial charge in [0.25, 0.3) is 5.91 Å². The molecule has 29 heavy (non-hydrogen) atoms. The number of piperidine rings is 1. The Bertz CT molecular complexity index is 904. The number of benzene rings is 2. The van der Waals surface area contributed by atoms with Crippen LogP contribution in [0.2, 0.25) is 5.02 Å². The monoisotopic (exact) mass is 425 g/mol. The summed E-state index contributed by atoms with van der Waals surface area (Å²) in [5.74, 6) is -0.824. The number of amides is 1. The van der Waals surface area contributed by atoms with Gasteiger partial charge in [0, 0.05) is 18.7 Å². The maximum Gasteiger partial charge on any atom is 0.416 e. The van der Waals surface area contributed by atoms with Gasteiger partial charge in [0.15, 0.2) is 0 Å². The lowest BCUT2D eigenvalue weighted by atomic mass is 9.96. The molecule has 154 valence electrons. The Hall–Kier alpha value is -2.54. The number of carbonyl (C=O) groups excluding carboxylic acids is 2. The highest BCUT2D eigenvalue weighted by atomic mass is 35.5. The molecule has 1 fully saturated rings. The summed E-state index contributed by atoms with van der Waals surface area (Å²) in [7, 11) is 0. The van der Waals surface area contributed by atoms with E-state index < -0.39 is 17.7 Å². The van der Waals surface area contributed by atoms with Crippen molar-refractivity contribution in [2.45, 2.75) is 25.9 Å². The van der Waals surface area contributed by atoms with Crippen LogP contribution in [-0.2, 0) is 11.0 Å². The lowest BCUT2D eigenvalue weighted by molar-refractivity contribution is -0.140. The van der Waals surface area contributed by atoms with Gasteiger partial charge in [-0.2, -0.15) is 13.2 Å². The molecule has 2 aromatic rings. The second kappa shape index (κ2) is 8.45. The van der Waals surface area contributed by atoms with Gasteiger partial charge in [0.05, 0.1) is 16.5 Å². The fraction of sp³-hybridized carbons (Fsp3) is 0.333. The molecule has 0 radical (unpaired) electrons. The van der Waals surface area contributed by atoms with E-state index in [2.05, 4.69) is 0 Å². The topological polar surface area (TPSA) is 46.6 Å². The van der Waals surface area contributed by atoms with Crippen molar-refractivity contribution >= 4 is 23.5 Å². The van der Waals surface area contributed by atoms with Crippen molar-refractivity contribution in [3.63, 3.8) is 0 Å². The first-order valence-corrected chi connectivity index (χ1v) is 9.47. The van der Waals surface area contributed by atoms with E-state index in [-0.39, 0.29) is 17.4 Å². The summed E-state index contributed by atoms with van der Waals surface area (Å²) in [4.78, 5) is 26.5. The van der Waals surface area contributed by atoms with Crippen molar-refractivity contribution in [2.24, 2.45) is 5.92 Å². The van der Waals surface area contributed by atoms with Crippen LogP contribution in [-0.4, -0.2) is 29.9 Å². The zero-order valence-electron chi connectivity index (χ0n) is 15.6. The molecule has 0 spiro atoms. The molecule has 0 N–H and O–H groups in total. The largest absolute Gasteiger partial charge is 0.425 e. The van der Waals surface area contributed by atoms with Crippen molar-refractivity contribution in [1.29, 1.82) is 0 Å². The van der Waals surface area contributed by atoms with E-state index in [4.69, 9.17) is 16.3 Å². The molecule has 1 aliphatic heterocycles. The number of carbonyl (C=O) groups is 2. The molecule has 0 saturated carbocycles. The minimum atomic E-state index is -4.44. The van der Waals surface area contributed by atoms with Crippen LogP contribution in [0.15, 0.2) is 42.5 Å². The number of nitrogens with zero attached hydrogens (tertiary/aromatic N) is 1. The lowest BCUT2D eigenvalue weighted by Gasteiger charge is -2.31. The molecular formula is C21H19ClF3NO3. The Morgan fingerprint density at radius 2 is 1.69 bits per heavy atom. The molecule has 0 aliphatic carbocycles. The first kappa shape index (κ1) is 21.2. The molecule has 0 atom stereocenters. The predicted octanol–water partition coefficient (Wildman–Crippen LogP) is 5.13. The van der Waals surface area contributed by atoms with E-state index >= 15 is 0 Å². The highest BCUT2D eigenvalue weighted by Gasteiger charge is 2.32. The number of esters is 1. The highest BCUT2D eigenvalue weighted by Crippen LogP contribution is 2.30. The van der Waals surface area contributed by atoms with Gasteiger partial charge in [-0.05, 0) is 61.7 Å². The number of halogens is 4. The Morgan fingerprint density at radius 1 is 1.07 bits per heavy atom. The van der Waals surface area contributed by atoms with Crippen LogP contribution in [0.3, 0.4) is 0 Å². The van der Waals surface area contributed by atoms with E-state index in [9.17, 15) is 22.8 Å². The number of hydrogen-bond acceptors (Lipinski definition) is 3. The highest BCUT2D eigenvalue weighted by molar-refractivity contribution is 6.32. The quantitative estimate of drug-likeness (QED) is 0.506. The fourth-order valence-electron chi connectivity index (χ4n) is 3.18. The second-order valence-electron chi connectivity index (χ2n) is 7.00. The molecule has 2 aromatic carbocycles. The van der Waals surface area contributed by atoms with Crippen molar-refractivity contribution in [1.82, 2.24) is 4.90 Å². The number of aryl methyl sites for hydroxylation is 1. The number of ether oxygens (including phenoxy) is 1. The maximum absolute atomic E-state index is 12.6. The smallest absolute Gasteiger partial charge is 0.416 e. The van der Waals surface area contributed by atoms with Crippen LogP contribution in [0.25, 0.3) is 0 Å². The minimum absolute atomic E-state index is 0.186. The summed E-state index contributed by atoms with van der Waals surface area (Å²) >= 11 is 6.05. The van der Waals surface area contributed by atoms with Gasteiger partial charge in [0.2, 0.25) is 0 Å². The molecule has 4 nitrogen and oxygen atoms in total. The average molecular weight is 426 g/mol. The van der Waals surface area contributed by atoms with Gasteiger partial charge in [-0.25, -0.2) is 0 Å². The zero-order chi connectivity index (χ0) is 21.2. The average Bonchev–Trinajstić information content (AvgIpc) is 2.69. The summed E-state index contributed by atoms with van der Waals surface area (Å²) < 4.78 is 43.4. The summed E-state index contributed by atoms with van der Waals surface area (Å²) in [6, 6.07) is 9.28. The normalized spacial score (nSPS) is 15.3. The Kier molecular flexibility index (Phi) is 6.17. The van der Waals surface area contributed by atoms with E-state index in [1.807, 2.05) is 13.0 Å². The van der Waals surface area contributed by atoms with E-state index in [0.717, 1.165) is 17.7 Å². The predicted molar refractivity (Wildman–Crippen MR) is 102 cm³/mol. The molecule has 1 heterocycles. The first-order chi connectivity index (χ1) is 13.6. The second-order valence-corrected chi connectivity index (χ2v) is 7.40.